The van der Waals surface area contributed by atoms with Gasteiger partial charge in [-0.3, -0.25) is 0 Å². The Bertz CT molecular complexity index is 683. The third-order valence-corrected chi connectivity index (χ3v) is 4.09. The van der Waals surface area contributed by atoms with Gasteiger partial charge >= 0.3 is 0 Å². The minimum atomic E-state index is -3.54. The lowest BCUT2D eigenvalue weighted by molar-refractivity contribution is 0.596. The molecular weight excluding hydrogens is 274 g/mol. The quantitative estimate of drug-likeness (QED) is 0.823. The van der Waals surface area contributed by atoms with Gasteiger partial charge < -0.3 is 11.5 Å². The number of hydrogen-bond acceptors (Lipinski definition) is 5. The highest BCUT2D eigenvalue weighted by molar-refractivity contribution is 7.91. The maximum Gasteiger partial charge on any atom is 0.206 e. The van der Waals surface area contributed by atoms with Gasteiger partial charge in [0.25, 0.3) is 0 Å². The number of rotatable bonds is 2. The molecule has 2 rings (SSSR count). The summed E-state index contributed by atoms with van der Waals surface area (Å²) < 4.78 is 24.5. The van der Waals surface area contributed by atoms with E-state index < -0.39 is 9.84 Å². The van der Waals surface area contributed by atoms with Gasteiger partial charge in [-0.05, 0) is 36.4 Å². The summed E-state index contributed by atoms with van der Waals surface area (Å²) in [5, 5.41) is 7.32. The highest BCUT2D eigenvalue weighted by Crippen LogP contribution is 2.23. The Kier molecular flexibility index (Phi) is 5.12. The van der Waals surface area contributed by atoms with Gasteiger partial charge in [0.2, 0.25) is 9.84 Å². The van der Waals surface area contributed by atoms with Crippen molar-refractivity contribution >= 4 is 21.2 Å². The number of hydrogen-bond donors (Lipinski definition) is 2. The molecule has 0 amide bonds. The lowest BCUT2D eigenvalue weighted by atomic mass is 10.3. The lowest BCUT2D eigenvalue weighted by Crippen LogP contribution is -2.03. The van der Waals surface area contributed by atoms with Crippen LogP contribution in [0.5, 0.6) is 0 Å². The smallest absolute Gasteiger partial charge is 0.206 e. The van der Waals surface area contributed by atoms with Crippen molar-refractivity contribution in [3.05, 3.63) is 48.5 Å². The molecule has 6 heteroatoms. The zero-order valence-corrected chi connectivity index (χ0v) is 11.8. The van der Waals surface area contributed by atoms with Gasteiger partial charge in [-0.2, -0.15) is 5.26 Å². The van der Waals surface area contributed by atoms with Crippen LogP contribution in [-0.4, -0.2) is 8.42 Å². The Balaban J connectivity index is 0.000000612. The summed E-state index contributed by atoms with van der Waals surface area (Å²) in [6.07, 6.45) is 0. The Labute approximate surface area is 118 Å². The van der Waals surface area contributed by atoms with Crippen LogP contribution in [0.2, 0.25) is 0 Å². The molecule has 0 bridgehead atoms. The molecule has 5 nitrogen and oxygen atoms in total. The number of benzene rings is 2. The SMILES string of the molecule is CC#N.Nc1cccc(S(=O)(=O)c2cccc(N)c2)c1. The van der Waals surface area contributed by atoms with E-state index in [1.165, 1.54) is 31.2 Å². The van der Waals surface area contributed by atoms with E-state index in [-0.39, 0.29) is 9.79 Å². The average molecular weight is 289 g/mol. The summed E-state index contributed by atoms with van der Waals surface area (Å²) >= 11 is 0. The molecule has 0 aliphatic carbocycles. The van der Waals surface area contributed by atoms with Crippen LogP contribution in [0.4, 0.5) is 11.4 Å². The van der Waals surface area contributed by atoms with Crippen molar-refractivity contribution in [2.24, 2.45) is 0 Å². The zero-order chi connectivity index (χ0) is 15.2. The van der Waals surface area contributed by atoms with E-state index in [1.54, 1.807) is 30.3 Å². The van der Waals surface area contributed by atoms with Gasteiger partial charge in [0.1, 0.15) is 0 Å². The Morgan fingerprint density at radius 3 is 1.60 bits per heavy atom. The number of nitrogens with zero attached hydrogens (tertiary/aromatic N) is 1. The van der Waals surface area contributed by atoms with Crippen LogP contribution in [0, 0.1) is 11.3 Å². The van der Waals surface area contributed by atoms with Crippen LogP contribution in [-0.2, 0) is 9.84 Å². The molecule has 0 saturated carbocycles. The molecule has 0 aromatic heterocycles. The normalized spacial score (nSPS) is 10.0. The molecule has 4 N–H and O–H groups in total. The number of anilines is 2. The van der Waals surface area contributed by atoms with Crippen molar-refractivity contribution in [1.29, 1.82) is 5.26 Å². The molecule has 0 aliphatic rings. The van der Waals surface area contributed by atoms with E-state index in [1.807, 2.05) is 0 Å². The minimum absolute atomic E-state index is 0.170. The predicted octanol–water partition coefficient (Wildman–Crippen LogP) is 2.21. The zero-order valence-electron chi connectivity index (χ0n) is 10.9. The molecule has 0 atom stereocenters. The molecule has 0 saturated heterocycles. The predicted molar refractivity (Wildman–Crippen MR) is 78.4 cm³/mol. The van der Waals surface area contributed by atoms with E-state index in [0.29, 0.717) is 11.4 Å². The molecule has 0 radical (unpaired) electrons. The lowest BCUT2D eigenvalue weighted by Gasteiger charge is -2.05. The van der Waals surface area contributed by atoms with E-state index in [9.17, 15) is 8.42 Å². The molecule has 0 heterocycles. The van der Waals surface area contributed by atoms with Gasteiger partial charge in [-0.15, -0.1) is 0 Å². The maximum atomic E-state index is 12.2. The summed E-state index contributed by atoms with van der Waals surface area (Å²) in [5.41, 5.74) is 12.0. The van der Waals surface area contributed by atoms with Crippen molar-refractivity contribution < 1.29 is 8.42 Å². The summed E-state index contributed by atoms with van der Waals surface area (Å²) in [6, 6.07) is 14.1. The van der Waals surface area contributed by atoms with Crippen LogP contribution in [0.3, 0.4) is 0 Å². The van der Waals surface area contributed by atoms with Crippen molar-refractivity contribution in [2.75, 3.05) is 11.5 Å². The van der Waals surface area contributed by atoms with Crippen LogP contribution in [0.15, 0.2) is 58.3 Å². The summed E-state index contributed by atoms with van der Waals surface area (Å²) in [4.78, 5) is 0.339. The first-order valence-corrected chi connectivity index (χ1v) is 7.17. The Morgan fingerprint density at radius 1 is 0.950 bits per heavy atom. The second kappa shape index (κ2) is 6.59. The molecule has 20 heavy (non-hydrogen) atoms. The minimum Gasteiger partial charge on any atom is -0.399 e. The first kappa shape index (κ1) is 15.5. The van der Waals surface area contributed by atoms with Gasteiger partial charge in [0.15, 0.2) is 0 Å². The highest BCUT2D eigenvalue weighted by Gasteiger charge is 2.17. The molecule has 0 aliphatic heterocycles. The number of nitrogen functional groups attached to an aromatic ring is 2. The fourth-order valence-corrected chi connectivity index (χ4v) is 2.87. The van der Waals surface area contributed by atoms with Crippen LogP contribution in [0.1, 0.15) is 6.92 Å². The fourth-order valence-electron chi connectivity index (χ4n) is 1.50. The van der Waals surface area contributed by atoms with E-state index >= 15 is 0 Å². The third-order valence-electron chi connectivity index (χ3n) is 2.34. The first-order chi connectivity index (χ1) is 9.41. The molecule has 104 valence electrons. The molecule has 0 fully saturated rings. The number of nitriles is 1. The van der Waals surface area contributed by atoms with Crippen molar-refractivity contribution in [3.8, 4) is 6.07 Å². The standard InChI is InChI=1S/C12H12N2O2S.C2H3N/c13-9-3-1-5-11(7-9)17(15,16)12-6-2-4-10(14)8-12;1-2-3/h1-8H,13-14H2;1H3. The average Bonchev–Trinajstić information content (AvgIpc) is 2.39. The second-order valence-corrected chi connectivity index (χ2v) is 5.82. The first-order valence-electron chi connectivity index (χ1n) is 5.69. The Morgan fingerprint density at radius 2 is 1.30 bits per heavy atom. The fraction of sp³-hybridized carbons (Fsp3) is 0.0714. The largest absolute Gasteiger partial charge is 0.399 e. The molecule has 0 unspecified atom stereocenters. The van der Waals surface area contributed by atoms with Gasteiger partial charge in [0.05, 0.1) is 15.9 Å². The van der Waals surface area contributed by atoms with Crippen LogP contribution >= 0.6 is 0 Å². The van der Waals surface area contributed by atoms with Gasteiger partial charge in [-0.1, -0.05) is 12.1 Å². The van der Waals surface area contributed by atoms with Crippen molar-refractivity contribution in [1.82, 2.24) is 0 Å². The van der Waals surface area contributed by atoms with E-state index in [2.05, 4.69) is 0 Å². The maximum absolute atomic E-state index is 12.2. The van der Waals surface area contributed by atoms with Gasteiger partial charge in [0, 0.05) is 18.3 Å². The molecular formula is C14H15N3O2S. The monoisotopic (exact) mass is 289 g/mol. The van der Waals surface area contributed by atoms with Crippen molar-refractivity contribution in [2.45, 2.75) is 16.7 Å². The van der Waals surface area contributed by atoms with Gasteiger partial charge in [-0.25, -0.2) is 8.42 Å². The number of nitrogens with two attached hydrogens (primary N) is 2. The van der Waals surface area contributed by atoms with Crippen molar-refractivity contribution in [3.63, 3.8) is 0 Å². The highest BCUT2D eigenvalue weighted by atomic mass is 32.2. The second-order valence-electron chi connectivity index (χ2n) is 3.87. The molecule has 2 aromatic carbocycles. The summed E-state index contributed by atoms with van der Waals surface area (Å²) in [7, 11) is -3.54. The third kappa shape index (κ3) is 3.73. The number of sulfone groups is 1. The van der Waals surface area contributed by atoms with E-state index in [0.717, 1.165) is 0 Å². The van der Waals surface area contributed by atoms with Crippen LogP contribution in [0.25, 0.3) is 0 Å². The van der Waals surface area contributed by atoms with Crippen LogP contribution < -0.4 is 11.5 Å². The summed E-state index contributed by atoms with van der Waals surface area (Å²) in [5.74, 6) is 0. The molecule has 2 aromatic rings. The summed E-state index contributed by atoms with van der Waals surface area (Å²) in [6.45, 7) is 1.43. The van der Waals surface area contributed by atoms with E-state index in [4.69, 9.17) is 16.7 Å². The molecule has 0 spiro atoms. The Hall–Kier alpha value is -2.52. The topological polar surface area (TPSA) is 110 Å².